The number of alkyl carbamates (subject to hydrolysis) is 1. The van der Waals surface area contributed by atoms with Crippen LogP contribution in [0.5, 0.6) is 0 Å². The molecule has 0 radical (unpaired) electrons. The molecule has 0 saturated heterocycles. The van der Waals surface area contributed by atoms with Gasteiger partial charge in [0.15, 0.2) is 0 Å². The molecule has 1 unspecified atom stereocenters. The number of nitrogens with two attached hydrogens (primary N) is 1. The molecule has 84 valence electrons. The molecule has 0 aromatic carbocycles. The van der Waals surface area contributed by atoms with E-state index < -0.39 is 0 Å². The third kappa shape index (κ3) is 7.86. The maximum atomic E-state index is 11.2. The predicted molar refractivity (Wildman–Crippen MR) is 57.1 cm³/mol. The van der Waals surface area contributed by atoms with Crippen molar-refractivity contribution >= 4 is 6.09 Å². The number of rotatable bonds is 6. The minimum Gasteiger partial charge on any atom is -0.449 e. The SMILES string of the molecule is CC(C)COC(=O)NC(C)CCCN. The highest BCUT2D eigenvalue weighted by Crippen LogP contribution is 1.97. The van der Waals surface area contributed by atoms with Crippen LogP contribution in [-0.4, -0.2) is 25.3 Å². The van der Waals surface area contributed by atoms with Gasteiger partial charge in [0.2, 0.25) is 0 Å². The van der Waals surface area contributed by atoms with Gasteiger partial charge >= 0.3 is 6.09 Å². The lowest BCUT2D eigenvalue weighted by Gasteiger charge is -2.14. The van der Waals surface area contributed by atoms with Gasteiger partial charge in [-0.05, 0) is 32.2 Å². The lowest BCUT2D eigenvalue weighted by atomic mass is 10.2. The molecule has 0 aromatic rings. The molecule has 4 nitrogen and oxygen atoms in total. The zero-order valence-corrected chi connectivity index (χ0v) is 9.38. The van der Waals surface area contributed by atoms with E-state index in [4.69, 9.17) is 10.5 Å². The molecule has 0 aliphatic heterocycles. The number of carbonyl (C=O) groups excluding carboxylic acids is 1. The summed E-state index contributed by atoms with van der Waals surface area (Å²) in [6.07, 6.45) is 1.49. The van der Waals surface area contributed by atoms with Crippen molar-refractivity contribution in [3.05, 3.63) is 0 Å². The van der Waals surface area contributed by atoms with E-state index in [9.17, 15) is 4.79 Å². The Bertz CT molecular complexity index is 160. The van der Waals surface area contributed by atoms with Crippen molar-refractivity contribution in [1.29, 1.82) is 0 Å². The van der Waals surface area contributed by atoms with Gasteiger partial charge in [0.05, 0.1) is 6.61 Å². The summed E-state index contributed by atoms with van der Waals surface area (Å²) in [5.74, 6) is 0.375. The Morgan fingerprint density at radius 2 is 2.07 bits per heavy atom. The molecule has 0 bridgehead atoms. The largest absolute Gasteiger partial charge is 0.449 e. The standard InChI is InChI=1S/C10H22N2O2/c1-8(2)7-14-10(13)12-9(3)5-4-6-11/h8-9H,4-7,11H2,1-3H3,(H,12,13). The Morgan fingerprint density at radius 1 is 1.43 bits per heavy atom. The second-order valence-electron chi connectivity index (χ2n) is 3.97. The monoisotopic (exact) mass is 202 g/mol. The number of hydrogen-bond donors (Lipinski definition) is 2. The van der Waals surface area contributed by atoms with Gasteiger partial charge in [-0.1, -0.05) is 13.8 Å². The average molecular weight is 202 g/mol. The smallest absolute Gasteiger partial charge is 0.407 e. The van der Waals surface area contributed by atoms with Gasteiger partial charge in [0, 0.05) is 6.04 Å². The van der Waals surface area contributed by atoms with Crippen LogP contribution in [0.2, 0.25) is 0 Å². The number of carbonyl (C=O) groups is 1. The highest BCUT2D eigenvalue weighted by molar-refractivity contribution is 5.67. The summed E-state index contributed by atoms with van der Waals surface area (Å²) in [6, 6.07) is 0.137. The van der Waals surface area contributed by atoms with Crippen molar-refractivity contribution < 1.29 is 9.53 Å². The molecular weight excluding hydrogens is 180 g/mol. The van der Waals surface area contributed by atoms with Gasteiger partial charge < -0.3 is 15.8 Å². The van der Waals surface area contributed by atoms with E-state index in [1.807, 2.05) is 20.8 Å². The normalized spacial score (nSPS) is 12.6. The minimum absolute atomic E-state index is 0.137. The molecule has 0 spiro atoms. The van der Waals surface area contributed by atoms with E-state index in [0.717, 1.165) is 12.8 Å². The molecule has 14 heavy (non-hydrogen) atoms. The Labute approximate surface area is 86.2 Å². The van der Waals surface area contributed by atoms with E-state index in [-0.39, 0.29) is 12.1 Å². The Hall–Kier alpha value is -0.770. The first-order chi connectivity index (χ1) is 6.56. The van der Waals surface area contributed by atoms with Crippen LogP contribution in [0.15, 0.2) is 0 Å². The van der Waals surface area contributed by atoms with Gasteiger partial charge in [-0.15, -0.1) is 0 Å². The molecule has 0 saturated carbocycles. The second-order valence-corrected chi connectivity index (χ2v) is 3.97. The van der Waals surface area contributed by atoms with Crippen molar-refractivity contribution in [2.75, 3.05) is 13.2 Å². The first-order valence-electron chi connectivity index (χ1n) is 5.19. The van der Waals surface area contributed by atoms with Gasteiger partial charge in [-0.3, -0.25) is 0 Å². The number of nitrogens with one attached hydrogen (secondary N) is 1. The van der Waals surface area contributed by atoms with Gasteiger partial charge in [-0.25, -0.2) is 4.79 Å². The summed E-state index contributed by atoms with van der Waals surface area (Å²) < 4.78 is 4.97. The summed E-state index contributed by atoms with van der Waals surface area (Å²) in [6.45, 7) is 7.09. The van der Waals surface area contributed by atoms with Gasteiger partial charge in [0.25, 0.3) is 0 Å². The van der Waals surface area contributed by atoms with Crippen molar-refractivity contribution in [2.45, 2.75) is 39.7 Å². The fraction of sp³-hybridized carbons (Fsp3) is 0.900. The van der Waals surface area contributed by atoms with Gasteiger partial charge in [0.1, 0.15) is 0 Å². The molecule has 0 fully saturated rings. The molecule has 0 heterocycles. The van der Waals surface area contributed by atoms with E-state index >= 15 is 0 Å². The topological polar surface area (TPSA) is 64.3 Å². The molecule has 1 amide bonds. The van der Waals surface area contributed by atoms with Crippen LogP contribution in [0.4, 0.5) is 4.79 Å². The summed E-state index contributed by atoms with van der Waals surface area (Å²) in [4.78, 5) is 11.2. The van der Waals surface area contributed by atoms with E-state index in [2.05, 4.69) is 5.32 Å². The highest BCUT2D eigenvalue weighted by Gasteiger charge is 2.07. The van der Waals surface area contributed by atoms with E-state index in [1.54, 1.807) is 0 Å². The molecule has 3 N–H and O–H groups in total. The van der Waals surface area contributed by atoms with Crippen LogP contribution in [0.25, 0.3) is 0 Å². The Morgan fingerprint density at radius 3 is 2.57 bits per heavy atom. The van der Waals surface area contributed by atoms with Gasteiger partial charge in [-0.2, -0.15) is 0 Å². The van der Waals surface area contributed by atoms with Crippen LogP contribution < -0.4 is 11.1 Å². The molecule has 1 atom stereocenters. The Kier molecular flexibility index (Phi) is 7.20. The highest BCUT2D eigenvalue weighted by atomic mass is 16.5. The fourth-order valence-electron chi connectivity index (χ4n) is 0.981. The molecule has 0 aliphatic rings. The summed E-state index contributed by atoms with van der Waals surface area (Å²) in [5.41, 5.74) is 5.36. The number of hydrogen-bond acceptors (Lipinski definition) is 3. The van der Waals surface area contributed by atoms with Crippen LogP contribution in [-0.2, 0) is 4.74 Å². The lowest BCUT2D eigenvalue weighted by Crippen LogP contribution is -2.34. The predicted octanol–water partition coefficient (Wildman–Crippen LogP) is 1.50. The summed E-state index contributed by atoms with van der Waals surface area (Å²) in [7, 11) is 0. The maximum absolute atomic E-state index is 11.2. The zero-order chi connectivity index (χ0) is 11.0. The molecule has 0 rings (SSSR count). The Balaban J connectivity index is 3.50. The van der Waals surface area contributed by atoms with Crippen molar-refractivity contribution in [2.24, 2.45) is 11.7 Å². The van der Waals surface area contributed by atoms with Crippen LogP contribution in [0, 0.1) is 5.92 Å². The van der Waals surface area contributed by atoms with Crippen molar-refractivity contribution in [3.63, 3.8) is 0 Å². The summed E-state index contributed by atoms with van der Waals surface area (Å²) >= 11 is 0. The fourth-order valence-corrected chi connectivity index (χ4v) is 0.981. The maximum Gasteiger partial charge on any atom is 0.407 e. The first-order valence-corrected chi connectivity index (χ1v) is 5.19. The minimum atomic E-state index is -0.330. The van der Waals surface area contributed by atoms with Crippen LogP contribution >= 0.6 is 0 Å². The van der Waals surface area contributed by atoms with E-state index in [0.29, 0.717) is 19.1 Å². The number of amides is 1. The summed E-state index contributed by atoms with van der Waals surface area (Å²) in [5, 5.41) is 2.75. The molecule has 0 aliphatic carbocycles. The van der Waals surface area contributed by atoms with E-state index in [1.165, 1.54) is 0 Å². The molecular formula is C10H22N2O2. The lowest BCUT2D eigenvalue weighted by molar-refractivity contribution is 0.129. The molecule has 0 aromatic heterocycles. The second kappa shape index (κ2) is 7.62. The zero-order valence-electron chi connectivity index (χ0n) is 9.38. The third-order valence-corrected chi connectivity index (χ3v) is 1.75. The van der Waals surface area contributed by atoms with Crippen molar-refractivity contribution in [3.8, 4) is 0 Å². The molecule has 4 heteroatoms. The quantitative estimate of drug-likeness (QED) is 0.686. The van der Waals surface area contributed by atoms with Crippen molar-refractivity contribution in [1.82, 2.24) is 5.32 Å². The van der Waals surface area contributed by atoms with Crippen LogP contribution in [0.1, 0.15) is 33.6 Å². The average Bonchev–Trinajstić information content (AvgIpc) is 2.11. The van der Waals surface area contributed by atoms with Crippen LogP contribution in [0.3, 0.4) is 0 Å². The third-order valence-electron chi connectivity index (χ3n) is 1.75. The first kappa shape index (κ1) is 13.2. The number of ether oxygens (including phenoxy) is 1.